The van der Waals surface area contributed by atoms with Crippen molar-refractivity contribution in [2.24, 2.45) is 0 Å². The fraction of sp³-hybridized carbons (Fsp3) is 0.375. The average molecular weight is 301 g/mol. The molecule has 1 N–H and O–H groups in total. The van der Waals surface area contributed by atoms with Gasteiger partial charge in [0.1, 0.15) is 5.75 Å². The van der Waals surface area contributed by atoms with Gasteiger partial charge in [-0.05, 0) is 11.6 Å². The second-order valence-electron chi connectivity index (χ2n) is 5.40. The Hall–Kier alpha value is -2.50. The molecule has 1 aromatic carbocycles. The van der Waals surface area contributed by atoms with Crippen molar-refractivity contribution in [1.29, 1.82) is 0 Å². The number of carbonyl (C=O) groups excluding carboxylic acids is 2. The number of rotatable bonds is 4. The number of nitrogens with zero attached hydrogens (tertiary/aromatic N) is 2. The number of para-hydroxylation sites is 1. The number of fused-ring (bicyclic) bond motifs is 1. The number of hydrogen-bond acceptors (Lipinski definition) is 3. The monoisotopic (exact) mass is 301 g/mol. The van der Waals surface area contributed by atoms with E-state index in [0.717, 1.165) is 28.6 Å². The summed E-state index contributed by atoms with van der Waals surface area (Å²) in [5.41, 5.74) is 1.88. The zero-order valence-corrected chi connectivity index (χ0v) is 12.5. The summed E-state index contributed by atoms with van der Waals surface area (Å²) in [5.74, 6) is 0.866. The third kappa shape index (κ3) is 2.64. The highest BCUT2D eigenvalue weighted by Crippen LogP contribution is 2.27. The summed E-state index contributed by atoms with van der Waals surface area (Å²) in [6, 6.07) is 5.80. The normalized spacial score (nSPS) is 15.1. The van der Waals surface area contributed by atoms with E-state index in [0.29, 0.717) is 32.6 Å². The Labute approximate surface area is 128 Å². The fourth-order valence-corrected chi connectivity index (χ4v) is 2.85. The number of benzene rings is 1. The van der Waals surface area contributed by atoms with Gasteiger partial charge in [0.05, 0.1) is 19.0 Å². The molecule has 116 valence electrons. The van der Waals surface area contributed by atoms with Crippen LogP contribution in [0, 0.1) is 0 Å². The van der Waals surface area contributed by atoms with Crippen molar-refractivity contribution in [1.82, 2.24) is 14.8 Å². The van der Waals surface area contributed by atoms with E-state index in [-0.39, 0.29) is 5.91 Å². The van der Waals surface area contributed by atoms with Gasteiger partial charge < -0.3 is 19.5 Å². The smallest absolute Gasteiger partial charge is 0.227 e. The minimum atomic E-state index is 0.0919. The number of piperazine rings is 1. The number of aromatic nitrogens is 1. The lowest BCUT2D eigenvalue weighted by atomic mass is 10.1. The summed E-state index contributed by atoms with van der Waals surface area (Å²) in [7, 11) is 1.63. The lowest BCUT2D eigenvalue weighted by molar-refractivity contribution is -0.134. The minimum Gasteiger partial charge on any atom is -0.495 e. The molecule has 0 bridgehead atoms. The van der Waals surface area contributed by atoms with E-state index < -0.39 is 0 Å². The number of methoxy groups -OCH3 is 1. The van der Waals surface area contributed by atoms with Gasteiger partial charge in [-0.25, -0.2) is 0 Å². The van der Waals surface area contributed by atoms with E-state index in [1.165, 1.54) is 0 Å². The summed E-state index contributed by atoms with van der Waals surface area (Å²) in [4.78, 5) is 29.8. The Bertz CT molecular complexity index is 687. The molecule has 2 amide bonds. The van der Waals surface area contributed by atoms with Crippen molar-refractivity contribution < 1.29 is 14.3 Å². The molecule has 0 aliphatic carbocycles. The van der Waals surface area contributed by atoms with Gasteiger partial charge in [0.2, 0.25) is 12.3 Å². The van der Waals surface area contributed by atoms with E-state index in [1.54, 1.807) is 12.0 Å². The van der Waals surface area contributed by atoms with Crippen LogP contribution in [-0.2, 0) is 16.0 Å². The number of amides is 2. The lowest BCUT2D eigenvalue weighted by Gasteiger charge is -2.32. The Morgan fingerprint density at radius 1 is 1.32 bits per heavy atom. The van der Waals surface area contributed by atoms with Crippen molar-refractivity contribution in [2.75, 3.05) is 33.3 Å². The first kappa shape index (κ1) is 14.4. The van der Waals surface area contributed by atoms with Crippen LogP contribution in [0.2, 0.25) is 0 Å². The van der Waals surface area contributed by atoms with Crippen molar-refractivity contribution in [3.8, 4) is 5.75 Å². The van der Waals surface area contributed by atoms with Crippen LogP contribution >= 0.6 is 0 Å². The summed E-state index contributed by atoms with van der Waals surface area (Å²) in [6.07, 6.45) is 3.06. The van der Waals surface area contributed by atoms with Crippen LogP contribution < -0.4 is 4.74 Å². The molecular weight excluding hydrogens is 282 g/mol. The third-order valence-electron chi connectivity index (χ3n) is 4.14. The van der Waals surface area contributed by atoms with Crippen LogP contribution in [-0.4, -0.2) is 60.4 Å². The number of ether oxygens (including phenoxy) is 1. The predicted octanol–water partition coefficient (Wildman–Crippen LogP) is 1.02. The SMILES string of the molecule is COc1cccc2c(CC(=O)N3CCN(C=O)CC3)c[nH]c12. The Kier molecular flexibility index (Phi) is 4.00. The first-order valence-corrected chi connectivity index (χ1v) is 7.33. The van der Waals surface area contributed by atoms with E-state index in [2.05, 4.69) is 4.98 Å². The zero-order chi connectivity index (χ0) is 15.5. The van der Waals surface area contributed by atoms with Crippen molar-refractivity contribution >= 4 is 23.2 Å². The van der Waals surface area contributed by atoms with Gasteiger partial charge in [-0.3, -0.25) is 9.59 Å². The molecule has 1 saturated heterocycles. The molecule has 6 nitrogen and oxygen atoms in total. The highest BCUT2D eigenvalue weighted by Gasteiger charge is 2.21. The molecule has 2 aromatic rings. The van der Waals surface area contributed by atoms with E-state index in [9.17, 15) is 9.59 Å². The summed E-state index contributed by atoms with van der Waals surface area (Å²) in [6.45, 7) is 2.42. The Morgan fingerprint density at radius 2 is 2.09 bits per heavy atom. The van der Waals surface area contributed by atoms with Gasteiger partial charge in [0, 0.05) is 37.8 Å². The van der Waals surface area contributed by atoms with Crippen molar-refractivity contribution in [2.45, 2.75) is 6.42 Å². The largest absolute Gasteiger partial charge is 0.495 e. The van der Waals surface area contributed by atoms with Gasteiger partial charge in [0.15, 0.2) is 0 Å². The number of carbonyl (C=O) groups is 2. The Balaban J connectivity index is 1.73. The van der Waals surface area contributed by atoms with Crippen LogP contribution in [0.1, 0.15) is 5.56 Å². The standard InChI is InChI=1S/C16H19N3O3/c1-22-14-4-2-3-13-12(10-17-16(13)14)9-15(21)19-7-5-18(11-20)6-8-19/h2-4,10-11,17H,5-9H2,1H3. The first-order valence-electron chi connectivity index (χ1n) is 7.33. The summed E-state index contributed by atoms with van der Waals surface area (Å²) < 4.78 is 5.32. The molecule has 1 aliphatic heterocycles. The van der Waals surface area contributed by atoms with Gasteiger partial charge in [-0.2, -0.15) is 0 Å². The fourth-order valence-electron chi connectivity index (χ4n) is 2.85. The molecule has 6 heteroatoms. The molecule has 22 heavy (non-hydrogen) atoms. The van der Waals surface area contributed by atoms with Gasteiger partial charge >= 0.3 is 0 Å². The Morgan fingerprint density at radius 3 is 2.77 bits per heavy atom. The minimum absolute atomic E-state index is 0.0919. The molecule has 1 aromatic heterocycles. The second-order valence-corrected chi connectivity index (χ2v) is 5.40. The molecule has 1 aliphatic rings. The van der Waals surface area contributed by atoms with Crippen molar-refractivity contribution in [3.05, 3.63) is 30.0 Å². The zero-order valence-electron chi connectivity index (χ0n) is 12.5. The maximum Gasteiger partial charge on any atom is 0.227 e. The summed E-state index contributed by atoms with van der Waals surface area (Å²) in [5, 5.41) is 1.01. The van der Waals surface area contributed by atoms with Crippen LogP contribution in [0.5, 0.6) is 5.75 Å². The molecule has 0 unspecified atom stereocenters. The van der Waals surface area contributed by atoms with E-state index >= 15 is 0 Å². The van der Waals surface area contributed by atoms with Crippen molar-refractivity contribution in [3.63, 3.8) is 0 Å². The quantitative estimate of drug-likeness (QED) is 0.858. The number of aromatic amines is 1. The second kappa shape index (κ2) is 6.09. The van der Waals surface area contributed by atoms with Gasteiger partial charge in [-0.15, -0.1) is 0 Å². The molecule has 0 spiro atoms. The number of nitrogens with one attached hydrogen (secondary N) is 1. The van der Waals surface area contributed by atoms with Crippen LogP contribution in [0.3, 0.4) is 0 Å². The highest BCUT2D eigenvalue weighted by atomic mass is 16.5. The lowest BCUT2D eigenvalue weighted by Crippen LogP contribution is -2.48. The highest BCUT2D eigenvalue weighted by molar-refractivity contribution is 5.92. The first-order chi connectivity index (χ1) is 10.7. The summed E-state index contributed by atoms with van der Waals surface area (Å²) >= 11 is 0. The molecule has 3 rings (SSSR count). The van der Waals surface area contributed by atoms with Gasteiger partial charge in [-0.1, -0.05) is 12.1 Å². The average Bonchev–Trinajstić information content (AvgIpc) is 2.98. The maximum absolute atomic E-state index is 12.4. The molecule has 1 fully saturated rings. The maximum atomic E-state index is 12.4. The molecule has 2 heterocycles. The molecule has 0 saturated carbocycles. The van der Waals surface area contributed by atoms with E-state index in [1.807, 2.05) is 29.3 Å². The predicted molar refractivity (Wildman–Crippen MR) is 82.8 cm³/mol. The molecule has 0 radical (unpaired) electrons. The van der Waals surface area contributed by atoms with Crippen LogP contribution in [0.25, 0.3) is 10.9 Å². The van der Waals surface area contributed by atoms with Gasteiger partial charge in [0.25, 0.3) is 0 Å². The number of H-pyrrole nitrogens is 1. The number of hydrogen-bond donors (Lipinski definition) is 1. The van der Waals surface area contributed by atoms with Crippen LogP contribution in [0.15, 0.2) is 24.4 Å². The van der Waals surface area contributed by atoms with Crippen LogP contribution in [0.4, 0.5) is 0 Å². The topological polar surface area (TPSA) is 65.6 Å². The van der Waals surface area contributed by atoms with E-state index in [4.69, 9.17) is 4.74 Å². The molecule has 0 atom stereocenters. The molecular formula is C16H19N3O3. The third-order valence-corrected chi connectivity index (χ3v) is 4.14.